The third-order valence-corrected chi connectivity index (χ3v) is 7.65. The summed E-state index contributed by atoms with van der Waals surface area (Å²) in [5.74, 6) is 0.430. The van der Waals surface area contributed by atoms with Crippen LogP contribution in [-0.4, -0.2) is 37.4 Å². The summed E-state index contributed by atoms with van der Waals surface area (Å²) < 4.78 is 28.6. The number of carbonyl (C=O) groups is 1. The molecule has 0 saturated carbocycles. The van der Waals surface area contributed by atoms with Crippen LogP contribution in [0.3, 0.4) is 0 Å². The molecule has 1 aliphatic heterocycles. The van der Waals surface area contributed by atoms with Crippen molar-refractivity contribution in [3.05, 3.63) is 89.0 Å². The van der Waals surface area contributed by atoms with Gasteiger partial charge in [0.05, 0.1) is 10.6 Å². The summed E-state index contributed by atoms with van der Waals surface area (Å²) in [5.41, 5.74) is 3.65. The molecular formula is C26H28N2O4S. The van der Waals surface area contributed by atoms with Crippen LogP contribution in [0.15, 0.2) is 71.6 Å². The maximum atomic E-state index is 13.3. The van der Waals surface area contributed by atoms with E-state index < -0.39 is 10.0 Å². The maximum Gasteiger partial charge on any atom is 0.261 e. The Morgan fingerprint density at radius 1 is 0.939 bits per heavy atom. The van der Waals surface area contributed by atoms with Gasteiger partial charge in [0.2, 0.25) is 0 Å². The van der Waals surface area contributed by atoms with Crippen LogP contribution in [0.5, 0.6) is 5.75 Å². The van der Waals surface area contributed by atoms with E-state index in [1.807, 2.05) is 38.1 Å². The smallest absolute Gasteiger partial charge is 0.261 e. The average molecular weight is 465 g/mol. The first-order valence-electron chi connectivity index (χ1n) is 11.0. The van der Waals surface area contributed by atoms with Crippen molar-refractivity contribution in [1.29, 1.82) is 0 Å². The number of para-hydroxylation sites is 1. The number of hydrogen-bond acceptors (Lipinski definition) is 4. The van der Waals surface area contributed by atoms with Gasteiger partial charge in [0.15, 0.2) is 0 Å². The minimum atomic E-state index is -3.83. The van der Waals surface area contributed by atoms with Gasteiger partial charge in [-0.25, -0.2) is 8.42 Å². The van der Waals surface area contributed by atoms with Crippen molar-refractivity contribution in [2.75, 3.05) is 17.8 Å². The molecule has 6 nitrogen and oxygen atoms in total. The van der Waals surface area contributed by atoms with Crippen LogP contribution in [-0.2, 0) is 10.0 Å². The summed E-state index contributed by atoms with van der Waals surface area (Å²) in [6.07, 6.45) is 1.64. The zero-order valence-electron chi connectivity index (χ0n) is 18.8. The predicted octanol–water partition coefficient (Wildman–Crippen LogP) is 4.83. The number of nitrogens with one attached hydrogen (secondary N) is 1. The summed E-state index contributed by atoms with van der Waals surface area (Å²) in [6.45, 7) is 4.86. The van der Waals surface area contributed by atoms with Crippen LogP contribution in [0.25, 0.3) is 0 Å². The Bertz CT molecular complexity index is 1260. The van der Waals surface area contributed by atoms with Crippen LogP contribution >= 0.6 is 0 Å². The van der Waals surface area contributed by atoms with Crippen LogP contribution in [0.2, 0.25) is 0 Å². The highest BCUT2D eigenvalue weighted by molar-refractivity contribution is 7.92. The zero-order valence-corrected chi connectivity index (χ0v) is 19.6. The average Bonchev–Trinajstić information content (AvgIpc) is 2.81. The molecule has 33 heavy (non-hydrogen) atoms. The lowest BCUT2D eigenvalue weighted by atomic mass is 9.89. The summed E-state index contributed by atoms with van der Waals surface area (Å²) in [4.78, 5) is 15.1. The Kier molecular flexibility index (Phi) is 6.42. The highest BCUT2D eigenvalue weighted by Crippen LogP contribution is 2.30. The molecule has 7 heteroatoms. The standard InChI is InChI=1S/C26H28N2O4S/c1-18-7-12-23(33(31,32)27-25-6-4-3-5-19(25)2)17-24(18)26(30)28-15-13-21(14-16-28)20-8-10-22(29)11-9-20/h3-12,17,21,27,29H,13-16H2,1-2H3. The summed E-state index contributed by atoms with van der Waals surface area (Å²) >= 11 is 0. The van der Waals surface area contributed by atoms with Gasteiger partial charge in [-0.05, 0) is 79.6 Å². The summed E-state index contributed by atoms with van der Waals surface area (Å²) in [5, 5.41) is 9.50. The SMILES string of the molecule is Cc1ccccc1NS(=O)(=O)c1ccc(C)c(C(=O)N2CCC(c3ccc(O)cc3)CC2)c1. The normalized spacial score (nSPS) is 14.8. The third-order valence-electron chi connectivity index (χ3n) is 6.29. The number of likely N-dealkylation sites (tertiary alicyclic amines) is 1. The Hall–Kier alpha value is -3.32. The first-order chi connectivity index (χ1) is 15.7. The quantitative estimate of drug-likeness (QED) is 0.566. The van der Waals surface area contributed by atoms with Crippen molar-refractivity contribution >= 4 is 21.6 Å². The number of nitrogens with zero attached hydrogens (tertiary/aromatic N) is 1. The molecule has 1 heterocycles. The number of aromatic hydroxyl groups is 1. The number of hydrogen-bond donors (Lipinski definition) is 2. The van der Waals surface area contributed by atoms with Gasteiger partial charge in [-0.15, -0.1) is 0 Å². The minimum absolute atomic E-state index is 0.0682. The molecule has 0 spiro atoms. The van der Waals surface area contributed by atoms with E-state index in [1.54, 1.807) is 35.2 Å². The molecule has 1 aliphatic rings. The Morgan fingerprint density at radius 3 is 2.27 bits per heavy atom. The molecule has 0 aromatic heterocycles. The molecule has 2 N–H and O–H groups in total. The molecule has 0 atom stereocenters. The fourth-order valence-corrected chi connectivity index (χ4v) is 5.38. The Morgan fingerprint density at radius 2 is 1.61 bits per heavy atom. The number of sulfonamides is 1. The van der Waals surface area contributed by atoms with E-state index in [4.69, 9.17) is 0 Å². The third kappa shape index (κ3) is 5.03. The molecule has 1 amide bonds. The lowest BCUT2D eigenvalue weighted by Gasteiger charge is -2.32. The number of benzene rings is 3. The first-order valence-corrected chi connectivity index (χ1v) is 12.5. The van der Waals surface area contributed by atoms with Crippen molar-refractivity contribution in [2.24, 2.45) is 0 Å². The molecule has 3 aromatic carbocycles. The summed E-state index contributed by atoms with van der Waals surface area (Å²) in [6, 6.07) is 19.1. The van der Waals surface area contributed by atoms with Gasteiger partial charge < -0.3 is 10.0 Å². The number of amides is 1. The van der Waals surface area contributed by atoms with E-state index in [-0.39, 0.29) is 16.6 Å². The van der Waals surface area contributed by atoms with E-state index in [0.29, 0.717) is 30.3 Å². The van der Waals surface area contributed by atoms with Gasteiger partial charge in [0.1, 0.15) is 5.75 Å². The highest BCUT2D eigenvalue weighted by atomic mass is 32.2. The first kappa shape index (κ1) is 22.9. The van der Waals surface area contributed by atoms with Gasteiger partial charge in [-0.1, -0.05) is 36.4 Å². The maximum absolute atomic E-state index is 13.3. The van der Waals surface area contributed by atoms with Crippen molar-refractivity contribution in [3.8, 4) is 5.75 Å². The molecule has 0 unspecified atom stereocenters. The number of rotatable bonds is 5. The van der Waals surface area contributed by atoms with E-state index in [2.05, 4.69) is 4.72 Å². The zero-order chi connectivity index (χ0) is 23.6. The second kappa shape index (κ2) is 9.27. The molecule has 0 bridgehead atoms. The fraction of sp³-hybridized carbons (Fsp3) is 0.269. The Balaban J connectivity index is 1.50. The minimum Gasteiger partial charge on any atom is -0.508 e. The van der Waals surface area contributed by atoms with Crippen molar-refractivity contribution < 1.29 is 18.3 Å². The summed E-state index contributed by atoms with van der Waals surface area (Å²) in [7, 11) is -3.83. The van der Waals surface area contributed by atoms with Gasteiger partial charge in [-0.2, -0.15) is 0 Å². The largest absolute Gasteiger partial charge is 0.508 e. The second-order valence-corrected chi connectivity index (χ2v) is 10.2. The highest BCUT2D eigenvalue weighted by Gasteiger charge is 2.27. The molecule has 3 aromatic rings. The van der Waals surface area contributed by atoms with Crippen LogP contribution < -0.4 is 4.72 Å². The predicted molar refractivity (Wildman–Crippen MR) is 129 cm³/mol. The van der Waals surface area contributed by atoms with Gasteiger partial charge in [-0.3, -0.25) is 9.52 Å². The molecule has 172 valence electrons. The van der Waals surface area contributed by atoms with E-state index in [0.717, 1.165) is 29.5 Å². The van der Waals surface area contributed by atoms with Gasteiger partial charge in [0, 0.05) is 18.7 Å². The van der Waals surface area contributed by atoms with Gasteiger partial charge in [0.25, 0.3) is 15.9 Å². The van der Waals surface area contributed by atoms with Crippen molar-refractivity contribution in [3.63, 3.8) is 0 Å². The molecule has 0 aliphatic carbocycles. The van der Waals surface area contributed by atoms with Gasteiger partial charge >= 0.3 is 0 Å². The van der Waals surface area contributed by atoms with E-state index in [1.165, 1.54) is 12.1 Å². The van der Waals surface area contributed by atoms with Crippen LogP contribution in [0.4, 0.5) is 5.69 Å². The van der Waals surface area contributed by atoms with Crippen molar-refractivity contribution in [2.45, 2.75) is 37.5 Å². The number of phenolic OH excluding ortho intramolecular Hbond substituents is 1. The Labute approximate surface area is 194 Å². The van der Waals surface area contributed by atoms with Crippen molar-refractivity contribution in [1.82, 2.24) is 4.90 Å². The topological polar surface area (TPSA) is 86.7 Å². The van der Waals surface area contributed by atoms with Crippen LogP contribution in [0, 0.1) is 13.8 Å². The second-order valence-electron chi connectivity index (χ2n) is 8.56. The molecule has 1 fully saturated rings. The lowest BCUT2D eigenvalue weighted by molar-refractivity contribution is 0.0712. The number of aryl methyl sites for hydroxylation is 2. The lowest BCUT2D eigenvalue weighted by Crippen LogP contribution is -2.38. The molecule has 0 radical (unpaired) electrons. The van der Waals surface area contributed by atoms with E-state index >= 15 is 0 Å². The molecular weight excluding hydrogens is 436 g/mol. The van der Waals surface area contributed by atoms with E-state index in [9.17, 15) is 18.3 Å². The van der Waals surface area contributed by atoms with Crippen LogP contribution in [0.1, 0.15) is 45.8 Å². The molecule has 4 rings (SSSR count). The fourth-order valence-electron chi connectivity index (χ4n) is 4.22. The molecule has 1 saturated heterocycles. The number of carbonyl (C=O) groups excluding carboxylic acids is 1. The number of phenols is 1. The monoisotopic (exact) mass is 464 g/mol. The number of anilines is 1. The number of piperidine rings is 1.